The number of aryl methyl sites for hydroxylation is 1. The molecule has 2 heterocycles. The summed E-state index contributed by atoms with van der Waals surface area (Å²) in [6, 6.07) is 1.75. The Morgan fingerprint density at radius 1 is 1.63 bits per heavy atom. The van der Waals surface area contributed by atoms with Crippen molar-refractivity contribution in [2.75, 3.05) is 5.32 Å². The Morgan fingerprint density at radius 3 is 3.21 bits per heavy atom. The van der Waals surface area contributed by atoms with E-state index in [9.17, 15) is 4.79 Å². The van der Waals surface area contributed by atoms with Crippen LogP contribution in [0.5, 0.6) is 0 Å². The number of anilines is 1. The first-order valence-corrected chi connectivity index (χ1v) is 7.86. The summed E-state index contributed by atoms with van der Waals surface area (Å²) in [4.78, 5) is 20.8. The van der Waals surface area contributed by atoms with Gasteiger partial charge >= 0.3 is 0 Å². The zero-order valence-corrected chi connectivity index (χ0v) is 12.9. The van der Waals surface area contributed by atoms with Crippen molar-refractivity contribution in [2.24, 2.45) is 5.92 Å². The average Bonchev–Trinajstić information content (AvgIpc) is 2.94. The third-order valence-corrected chi connectivity index (χ3v) is 4.79. The number of halogens is 1. The molecule has 2 N–H and O–H groups in total. The van der Waals surface area contributed by atoms with Gasteiger partial charge < -0.3 is 4.98 Å². The highest BCUT2D eigenvalue weighted by Crippen LogP contribution is 2.32. The second kappa shape index (κ2) is 5.09. The van der Waals surface area contributed by atoms with Gasteiger partial charge in [0.05, 0.1) is 5.69 Å². The van der Waals surface area contributed by atoms with E-state index >= 15 is 0 Å². The molecule has 0 saturated carbocycles. The SMILES string of the molecule is C[C@H]1CCc2nc(NC(=O)c3cc(Br)c[nH]3)sc2C1. The molecular formula is C13H14BrN3OS. The van der Waals surface area contributed by atoms with Gasteiger partial charge in [-0.05, 0) is 47.2 Å². The predicted octanol–water partition coefficient (Wildman–Crippen LogP) is 3.61. The van der Waals surface area contributed by atoms with Crippen LogP contribution in [0.1, 0.15) is 34.4 Å². The van der Waals surface area contributed by atoms with Crippen LogP contribution in [0, 0.1) is 5.92 Å². The van der Waals surface area contributed by atoms with E-state index in [2.05, 4.69) is 38.1 Å². The first-order chi connectivity index (χ1) is 9.11. The molecule has 1 amide bonds. The lowest BCUT2D eigenvalue weighted by molar-refractivity contribution is 0.102. The highest BCUT2D eigenvalue weighted by molar-refractivity contribution is 9.10. The third-order valence-electron chi connectivity index (χ3n) is 3.30. The number of hydrogen-bond donors (Lipinski definition) is 2. The summed E-state index contributed by atoms with van der Waals surface area (Å²) in [6.45, 7) is 2.26. The summed E-state index contributed by atoms with van der Waals surface area (Å²) >= 11 is 4.91. The molecule has 0 aromatic carbocycles. The van der Waals surface area contributed by atoms with Crippen LogP contribution in [0.3, 0.4) is 0 Å². The van der Waals surface area contributed by atoms with Gasteiger partial charge in [-0.15, -0.1) is 11.3 Å². The molecule has 6 heteroatoms. The number of carbonyl (C=O) groups is 1. The molecule has 2 aromatic heterocycles. The minimum atomic E-state index is -0.148. The van der Waals surface area contributed by atoms with E-state index in [1.54, 1.807) is 23.6 Å². The summed E-state index contributed by atoms with van der Waals surface area (Å²) in [5.74, 6) is 0.570. The number of fused-ring (bicyclic) bond motifs is 1. The second-order valence-electron chi connectivity index (χ2n) is 4.92. The number of rotatable bonds is 2. The summed E-state index contributed by atoms with van der Waals surface area (Å²) < 4.78 is 0.866. The van der Waals surface area contributed by atoms with Gasteiger partial charge in [-0.3, -0.25) is 10.1 Å². The minimum Gasteiger partial charge on any atom is -0.356 e. The molecule has 1 atom stereocenters. The van der Waals surface area contributed by atoms with Crippen molar-refractivity contribution in [1.29, 1.82) is 0 Å². The third kappa shape index (κ3) is 2.74. The van der Waals surface area contributed by atoms with E-state index < -0.39 is 0 Å². The van der Waals surface area contributed by atoms with Crippen molar-refractivity contribution in [3.05, 3.63) is 33.0 Å². The lowest BCUT2D eigenvalue weighted by atomic mass is 9.93. The molecule has 0 bridgehead atoms. The van der Waals surface area contributed by atoms with Gasteiger partial charge in [0, 0.05) is 15.5 Å². The van der Waals surface area contributed by atoms with E-state index in [4.69, 9.17) is 0 Å². The Labute approximate surface area is 123 Å². The highest BCUT2D eigenvalue weighted by atomic mass is 79.9. The van der Waals surface area contributed by atoms with Crippen LogP contribution >= 0.6 is 27.3 Å². The van der Waals surface area contributed by atoms with Crippen LogP contribution in [-0.4, -0.2) is 15.9 Å². The fraction of sp³-hybridized carbons (Fsp3) is 0.385. The summed E-state index contributed by atoms with van der Waals surface area (Å²) in [5.41, 5.74) is 1.69. The summed E-state index contributed by atoms with van der Waals surface area (Å²) in [6.07, 6.45) is 5.03. The molecule has 0 aliphatic heterocycles. The number of H-pyrrole nitrogens is 1. The van der Waals surface area contributed by atoms with E-state index in [1.165, 1.54) is 11.3 Å². The first kappa shape index (κ1) is 12.9. The van der Waals surface area contributed by atoms with Crippen LogP contribution in [-0.2, 0) is 12.8 Å². The van der Waals surface area contributed by atoms with E-state index in [1.807, 2.05) is 0 Å². The van der Waals surface area contributed by atoms with Gasteiger partial charge in [-0.2, -0.15) is 0 Å². The number of amides is 1. The first-order valence-electron chi connectivity index (χ1n) is 6.25. The van der Waals surface area contributed by atoms with Crippen LogP contribution in [0.4, 0.5) is 5.13 Å². The molecule has 1 aliphatic carbocycles. The van der Waals surface area contributed by atoms with Crippen molar-refractivity contribution in [2.45, 2.75) is 26.2 Å². The van der Waals surface area contributed by atoms with Crippen molar-refractivity contribution in [1.82, 2.24) is 9.97 Å². The maximum Gasteiger partial charge on any atom is 0.273 e. The number of carbonyl (C=O) groups excluding carboxylic acids is 1. The van der Waals surface area contributed by atoms with Gasteiger partial charge in [-0.1, -0.05) is 6.92 Å². The highest BCUT2D eigenvalue weighted by Gasteiger charge is 2.20. The lowest BCUT2D eigenvalue weighted by Crippen LogP contribution is -2.12. The molecule has 0 spiro atoms. The molecular weight excluding hydrogens is 326 g/mol. The smallest absolute Gasteiger partial charge is 0.273 e. The van der Waals surface area contributed by atoms with Crippen LogP contribution in [0.15, 0.2) is 16.7 Å². The zero-order chi connectivity index (χ0) is 13.4. The molecule has 4 nitrogen and oxygen atoms in total. The Morgan fingerprint density at radius 2 is 2.47 bits per heavy atom. The monoisotopic (exact) mass is 339 g/mol. The van der Waals surface area contributed by atoms with Crippen molar-refractivity contribution < 1.29 is 4.79 Å². The molecule has 19 heavy (non-hydrogen) atoms. The van der Waals surface area contributed by atoms with Crippen molar-refractivity contribution in [3.8, 4) is 0 Å². The Kier molecular flexibility index (Phi) is 3.45. The van der Waals surface area contributed by atoms with Gasteiger partial charge in [-0.25, -0.2) is 4.98 Å². The number of aromatic amines is 1. The Bertz CT molecular complexity index is 619. The number of aromatic nitrogens is 2. The molecule has 0 fully saturated rings. The van der Waals surface area contributed by atoms with Crippen LogP contribution in [0.25, 0.3) is 0 Å². The molecule has 2 aromatic rings. The van der Waals surface area contributed by atoms with Crippen molar-refractivity contribution in [3.63, 3.8) is 0 Å². The zero-order valence-electron chi connectivity index (χ0n) is 10.5. The summed E-state index contributed by atoms with van der Waals surface area (Å²) in [7, 11) is 0. The van der Waals surface area contributed by atoms with Gasteiger partial charge in [0.2, 0.25) is 0 Å². The maximum atomic E-state index is 12.0. The van der Waals surface area contributed by atoms with Gasteiger partial charge in [0.15, 0.2) is 5.13 Å². The number of hydrogen-bond acceptors (Lipinski definition) is 3. The topological polar surface area (TPSA) is 57.8 Å². The van der Waals surface area contributed by atoms with Crippen LogP contribution < -0.4 is 5.32 Å². The van der Waals surface area contributed by atoms with Crippen LogP contribution in [0.2, 0.25) is 0 Å². The van der Waals surface area contributed by atoms with Crippen molar-refractivity contribution >= 4 is 38.3 Å². The molecule has 0 unspecified atom stereocenters. The van der Waals surface area contributed by atoms with Gasteiger partial charge in [0.25, 0.3) is 5.91 Å². The molecule has 0 saturated heterocycles. The standard InChI is InChI=1S/C13H14BrN3OS/c1-7-2-3-9-11(4-7)19-13(16-9)17-12(18)10-5-8(14)6-15-10/h5-7,15H,2-4H2,1H3,(H,16,17,18)/t7-/m0/s1. The normalized spacial score (nSPS) is 18.1. The lowest BCUT2D eigenvalue weighted by Gasteiger charge is -2.15. The van der Waals surface area contributed by atoms with E-state index in [0.717, 1.165) is 28.9 Å². The fourth-order valence-corrected chi connectivity index (χ4v) is 3.77. The fourth-order valence-electron chi connectivity index (χ4n) is 2.26. The largest absolute Gasteiger partial charge is 0.356 e. The molecule has 0 radical (unpaired) electrons. The second-order valence-corrected chi connectivity index (χ2v) is 6.92. The van der Waals surface area contributed by atoms with E-state index in [0.29, 0.717) is 10.8 Å². The summed E-state index contributed by atoms with van der Waals surface area (Å²) in [5, 5.41) is 3.56. The molecule has 3 rings (SSSR count). The van der Waals surface area contributed by atoms with Gasteiger partial charge in [0.1, 0.15) is 5.69 Å². The Balaban J connectivity index is 1.75. The Hall–Kier alpha value is -1.14. The molecule has 100 valence electrons. The average molecular weight is 340 g/mol. The predicted molar refractivity (Wildman–Crippen MR) is 79.7 cm³/mol. The minimum absolute atomic E-state index is 0.148. The maximum absolute atomic E-state index is 12.0. The quantitative estimate of drug-likeness (QED) is 0.877. The van der Waals surface area contributed by atoms with E-state index in [-0.39, 0.29) is 5.91 Å². The molecule has 1 aliphatic rings. The number of thiazole rings is 1. The number of nitrogens with zero attached hydrogens (tertiary/aromatic N) is 1. The number of nitrogens with one attached hydrogen (secondary N) is 2.